The monoisotopic (exact) mass is 402 g/mol. The molecule has 0 saturated carbocycles. The summed E-state index contributed by atoms with van der Waals surface area (Å²) < 4.78 is 5.93. The lowest BCUT2D eigenvalue weighted by Crippen LogP contribution is -2.26. The molecule has 1 aromatic heterocycles. The topological polar surface area (TPSA) is 92.4 Å². The second-order valence-electron chi connectivity index (χ2n) is 6.83. The van der Waals surface area contributed by atoms with Crippen molar-refractivity contribution < 1.29 is 14.3 Å². The van der Waals surface area contributed by atoms with Crippen LogP contribution in [0.4, 0.5) is 5.13 Å². The van der Waals surface area contributed by atoms with Crippen LogP contribution in [0.1, 0.15) is 53.7 Å². The summed E-state index contributed by atoms with van der Waals surface area (Å²) in [6.45, 7) is 7.34. The van der Waals surface area contributed by atoms with Gasteiger partial charge in [0, 0.05) is 13.0 Å². The molecule has 3 rings (SSSR count). The summed E-state index contributed by atoms with van der Waals surface area (Å²) >= 11 is 1.19. The highest BCUT2D eigenvalue weighted by Crippen LogP contribution is 2.24. The number of ether oxygens (including phenoxy) is 1. The molecule has 7 nitrogen and oxygen atoms in total. The lowest BCUT2D eigenvalue weighted by Gasteiger charge is -2.16. The third kappa shape index (κ3) is 5.08. The van der Waals surface area contributed by atoms with Crippen molar-refractivity contribution in [3.8, 4) is 5.75 Å². The van der Waals surface area contributed by atoms with Crippen molar-refractivity contribution in [3.05, 3.63) is 40.4 Å². The summed E-state index contributed by atoms with van der Waals surface area (Å²) in [4.78, 5) is 28.9. The maximum absolute atomic E-state index is 12.6. The normalized spacial score (nSPS) is 17.2. The van der Waals surface area contributed by atoms with Crippen LogP contribution in [0.5, 0.6) is 5.75 Å². The first-order chi connectivity index (χ1) is 13.5. The molecule has 1 aromatic carbocycles. The summed E-state index contributed by atoms with van der Waals surface area (Å²) in [5.41, 5.74) is 1.60. The number of hydrogen-bond acceptors (Lipinski definition) is 6. The summed E-state index contributed by atoms with van der Waals surface area (Å²) in [5.74, 6) is 0.521. The van der Waals surface area contributed by atoms with E-state index in [0.717, 1.165) is 30.8 Å². The maximum atomic E-state index is 12.6. The number of carbonyl (C=O) groups excluding carboxylic acids is 2. The van der Waals surface area contributed by atoms with Crippen LogP contribution in [-0.2, 0) is 4.79 Å². The van der Waals surface area contributed by atoms with Gasteiger partial charge in [-0.05, 0) is 44.5 Å². The minimum Gasteiger partial charge on any atom is -0.489 e. The van der Waals surface area contributed by atoms with Gasteiger partial charge in [0.05, 0.1) is 11.7 Å². The number of nitrogens with one attached hydrogen (secondary N) is 3. The van der Waals surface area contributed by atoms with Gasteiger partial charge in [-0.15, -0.1) is 0 Å². The van der Waals surface area contributed by atoms with Gasteiger partial charge in [0.2, 0.25) is 5.91 Å². The fraction of sp³-hybridized carbons (Fsp3) is 0.450. The first-order valence-electron chi connectivity index (χ1n) is 9.51. The van der Waals surface area contributed by atoms with Gasteiger partial charge in [0.1, 0.15) is 16.7 Å². The van der Waals surface area contributed by atoms with Gasteiger partial charge in [-0.1, -0.05) is 30.4 Å². The number of hydrogen-bond donors (Lipinski definition) is 3. The molecule has 0 radical (unpaired) electrons. The van der Waals surface area contributed by atoms with Crippen LogP contribution in [0, 0.1) is 6.92 Å². The number of anilines is 1. The van der Waals surface area contributed by atoms with Gasteiger partial charge in [-0.3, -0.25) is 9.59 Å². The molecule has 2 heterocycles. The molecule has 2 aromatic rings. The van der Waals surface area contributed by atoms with E-state index in [9.17, 15) is 9.59 Å². The van der Waals surface area contributed by atoms with Crippen LogP contribution in [0.2, 0.25) is 0 Å². The molecule has 1 aliphatic heterocycles. The third-order valence-electron chi connectivity index (χ3n) is 4.62. The van der Waals surface area contributed by atoms with Crippen molar-refractivity contribution in [1.29, 1.82) is 0 Å². The predicted molar refractivity (Wildman–Crippen MR) is 110 cm³/mol. The van der Waals surface area contributed by atoms with E-state index in [1.807, 2.05) is 31.2 Å². The van der Waals surface area contributed by atoms with Crippen LogP contribution in [-0.4, -0.2) is 36.0 Å². The molecule has 2 amide bonds. The summed E-state index contributed by atoms with van der Waals surface area (Å²) in [5, 5.41) is 9.42. The van der Waals surface area contributed by atoms with E-state index in [1.165, 1.54) is 11.3 Å². The summed E-state index contributed by atoms with van der Waals surface area (Å²) in [7, 11) is 0. The molecule has 28 heavy (non-hydrogen) atoms. The largest absolute Gasteiger partial charge is 0.489 e. The quantitative estimate of drug-likeness (QED) is 0.662. The Morgan fingerprint density at radius 2 is 2.11 bits per heavy atom. The molecule has 1 saturated heterocycles. The van der Waals surface area contributed by atoms with E-state index in [4.69, 9.17) is 4.74 Å². The molecule has 0 bridgehead atoms. The number of aromatic nitrogens is 1. The number of thiazole rings is 1. The molecule has 3 N–H and O–H groups in total. The second-order valence-corrected chi connectivity index (χ2v) is 7.83. The molecule has 150 valence electrons. The average molecular weight is 403 g/mol. The number of carbonyl (C=O) groups is 2. The van der Waals surface area contributed by atoms with E-state index < -0.39 is 0 Å². The number of aryl methyl sites for hydroxylation is 1. The zero-order valence-corrected chi connectivity index (χ0v) is 17.2. The molecule has 1 aliphatic rings. The minimum absolute atomic E-state index is 0.121. The van der Waals surface area contributed by atoms with Crippen molar-refractivity contribution in [2.75, 3.05) is 18.4 Å². The SMILES string of the molecule is CCC(=O)Nc1nc(C)c(C(=O)N[C@@H](C)c2ccc(O[C@@H]3CCNC3)cc2)s1. The third-order valence-corrected chi connectivity index (χ3v) is 5.69. The first-order valence-corrected chi connectivity index (χ1v) is 10.3. The number of rotatable bonds is 7. The number of benzene rings is 1. The average Bonchev–Trinajstić information content (AvgIpc) is 3.31. The van der Waals surface area contributed by atoms with Crippen molar-refractivity contribution >= 4 is 28.3 Å². The Morgan fingerprint density at radius 3 is 2.75 bits per heavy atom. The molecular weight excluding hydrogens is 376 g/mol. The minimum atomic E-state index is -0.197. The highest BCUT2D eigenvalue weighted by Gasteiger charge is 2.19. The molecule has 2 atom stereocenters. The molecule has 0 unspecified atom stereocenters. The Labute approximate surface area is 168 Å². The van der Waals surface area contributed by atoms with Crippen molar-refractivity contribution in [2.24, 2.45) is 0 Å². The predicted octanol–water partition coefficient (Wildman–Crippen LogP) is 3.03. The Morgan fingerprint density at radius 1 is 1.36 bits per heavy atom. The lowest BCUT2D eigenvalue weighted by atomic mass is 10.1. The van der Waals surface area contributed by atoms with Gasteiger partial charge in [0.25, 0.3) is 5.91 Å². The summed E-state index contributed by atoms with van der Waals surface area (Å²) in [6, 6.07) is 7.65. The molecular formula is C20H26N4O3S. The highest BCUT2D eigenvalue weighted by molar-refractivity contribution is 7.17. The van der Waals surface area contributed by atoms with E-state index in [-0.39, 0.29) is 24.0 Å². The molecule has 8 heteroatoms. The van der Waals surface area contributed by atoms with Crippen LogP contribution in [0.3, 0.4) is 0 Å². The van der Waals surface area contributed by atoms with Crippen molar-refractivity contribution in [1.82, 2.24) is 15.6 Å². The molecule has 1 fully saturated rings. The number of nitrogens with zero attached hydrogens (tertiary/aromatic N) is 1. The van der Waals surface area contributed by atoms with Crippen LogP contribution >= 0.6 is 11.3 Å². The Balaban J connectivity index is 1.60. The van der Waals surface area contributed by atoms with Gasteiger partial charge in [-0.2, -0.15) is 0 Å². The first kappa shape index (κ1) is 20.3. The zero-order valence-electron chi connectivity index (χ0n) is 16.4. The fourth-order valence-corrected chi connectivity index (χ4v) is 3.86. The van der Waals surface area contributed by atoms with Crippen molar-refractivity contribution in [2.45, 2.75) is 45.8 Å². The van der Waals surface area contributed by atoms with Gasteiger partial charge in [0.15, 0.2) is 5.13 Å². The van der Waals surface area contributed by atoms with Gasteiger partial charge >= 0.3 is 0 Å². The van der Waals surface area contributed by atoms with E-state index in [2.05, 4.69) is 20.9 Å². The van der Waals surface area contributed by atoms with E-state index in [1.54, 1.807) is 13.8 Å². The lowest BCUT2D eigenvalue weighted by molar-refractivity contribution is -0.115. The van der Waals surface area contributed by atoms with Crippen LogP contribution in [0.25, 0.3) is 0 Å². The summed E-state index contributed by atoms with van der Waals surface area (Å²) in [6.07, 6.45) is 1.61. The maximum Gasteiger partial charge on any atom is 0.263 e. The molecule has 0 aliphatic carbocycles. The van der Waals surface area contributed by atoms with Crippen molar-refractivity contribution in [3.63, 3.8) is 0 Å². The van der Waals surface area contributed by atoms with Gasteiger partial charge in [-0.25, -0.2) is 4.98 Å². The Hall–Kier alpha value is -2.45. The highest BCUT2D eigenvalue weighted by atomic mass is 32.1. The van der Waals surface area contributed by atoms with Crippen LogP contribution in [0.15, 0.2) is 24.3 Å². The zero-order chi connectivity index (χ0) is 20.1. The Kier molecular flexibility index (Phi) is 6.64. The smallest absolute Gasteiger partial charge is 0.263 e. The molecule has 0 spiro atoms. The standard InChI is InChI=1S/C20H26N4O3S/c1-4-17(25)24-20-23-13(3)18(28-20)19(26)22-12(2)14-5-7-15(8-6-14)27-16-9-10-21-11-16/h5-8,12,16,21H,4,9-11H2,1-3H3,(H,22,26)(H,23,24,25)/t12-,16+/m0/s1. The van der Waals surface area contributed by atoms with E-state index >= 15 is 0 Å². The fourth-order valence-electron chi connectivity index (χ4n) is 2.97. The van der Waals surface area contributed by atoms with E-state index in [0.29, 0.717) is 22.1 Å². The number of amides is 2. The van der Waals surface area contributed by atoms with Crippen LogP contribution < -0.4 is 20.7 Å². The Bertz CT molecular complexity index is 828. The van der Waals surface area contributed by atoms with Gasteiger partial charge < -0.3 is 20.7 Å². The second kappa shape index (κ2) is 9.16.